The maximum Gasteiger partial charge on any atom is 0.160 e. The molecule has 0 fully saturated rings. The molecule has 0 spiro atoms. The summed E-state index contributed by atoms with van der Waals surface area (Å²) < 4.78 is 0. The van der Waals surface area contributed by atoms with Gasteiger partial charge in [0.25, 0.3) is 0 Å². The molecule has 2 N–H and O–H groups in total. The lowest BCUT2D eigenvalue weighted by Crippen LogP contribution is -1.90. The monoisotopic (exact) mass is 242 g/mol. The molecule has 0 radical (unpaired) electrons. The molecule has 0 heterocycles. The van der Waals surface area contributed by atoms with Gasteiger partial charge in [-0.05, 0) is 47.2 Å². The summed E-state index contributed by atoms with van der Waals surface area (Å²) in [7, 11) is 0. The van der Waals surface area contributed by atoms with E-state index in [0.717, 1.165) is 23.1 Å². The molecule has 18 heavy (non-hydrogen) atoms. The van der Waals surface area contributed by atoms with Crippen LogP contribution in [0.5, 0.6) is 11.5 Å². The summed E-state index contributed by atoms with van der Waals surface area (Å²) in [5, 5.41) is 19.5. The SMILES string of the molecule is CCc1ccccc1-c1cc(O)c(O)c(CC)c1. The van der Waals surface area contributed by atoms with Gasteiger partial charge in [-0.15, -0.1) is 0 Å². The number of benzene rings is 2. The van der Waals surface area contributed by atoms with Gasteiger partial charge in [-0.3, -0.25) is 0 Å². The minimum Gasteiger partial charge on any atom is -0.504 e. The van der Waals surface area contributed by atoms with Crippen molar-refractivity contribution in [2.45, 2.75) is 26.7 Å². The van der Waals surface area contributed by atoms with Gasteiger partial charge in [0.1, 0.15) is 0 Å². The fourth-order valence-electron chi connectivity index (χ4n) is 2.21. The van der Waals surface area contributed by atoms with Crippen LogP contribution in [0.2, 0.25) is 0 Å². The minimum atomic E-state index is -0.0461. The molecule has 2 rings (SSSR count). The third kappa shape index (κ3) is 2.19. The zero-order valence-corrected chi connectivity index (χ0v) is 10.8. The molecule has 0 saturated carbocycles. The lowest BCUT2D eigenvalue weighted by molar-refractivity contribution is 0.400. The van der Waals surface area contributed by atoms with Crippen LogP contribution in [-0.2, 0) is 12.8 Å². The molecule has 0 saturated heterocycles. The van der Waals surface area contributed by atoms with Gasteiger partial charge in [0, 0.05) is 0 Å². The molecule has 0 aromatic heterocycles. The molecule has 0 aliphatic rings. The van der Waals surface area contributed by atoms with Gasteiger partial charge in [-0.2, -0.15) is 0 Å². The second-order valence-electron chi connectivity index (χ2n) is 4.37. The molecule has 0 aliphatic carbocycles. The van der Waals surface area contributed by atoms with Gasteiger partial charge in [-0.1, -0.05) is 38.1 Å². The first-order chi connectivity index (χ1) is 8.67. The molecule has 0 amide bonds. The first-order valence-corrected chi connectivity index (χ1v) is 6.30. The van der Waals surface area contributed by atoms with Crippen molar-refractivity contribution in [3.05, 3.63) is 47.5 Å². The highest BCUT2D eigenvalue weighted by Crippen LogP contribution is 2.36. The Morgan fingerprint density at radius 3 is 2.22 bits per heavy atom. The standard InChI is InChI=1S/C16H18O2/c1-3-11-7-5-6-8-14(11)13-9-12(4-2)16(18)15(17)10-13/h5-10,17-18H,3-4H2,1-2H3. The maximum absolute atomic E-state index is 9.79. The number of phenolic OH excluding ortho intramolecular Hbond substituents is 2. The Morgan fingerprint density at radius 2 is 1.56 bits per heavy atom. The third-order valence-corrected chi connectivity index (χ3v) is 3.26. The van der Waals surface area contributed by atoms with Gasteiger partial charge in [0.2, 0.25) is 0 Å². The quantitative estimate of drug-likeness (QED) is 0.802. The Kier molecular flexibility index (Phi) is 3.56. The summed E-state index contributed by atoms with van der Waals surface area (Å²) in [5.74, 6) is -0.0505. The smallest absolute Gasteiger partial charge is 0.160 e. The van der Waals surface area contributed by atoms with Crippen molar-refractivity contribution in [1.82, 2.24) is 0 Å². The summed E-state index contributed by atoms with van der Waals surface area (Å²) in [4.78, 5) is 0. The van der Waals surface area contributed by atoms with E-state index in [1.807, 2.05) is 31.2 Å². The predicted molar refractivity (Wildman–Crippen MR) is 74.0 cm³/mol. The first-order valence-electron chi connectivity index (χ1n) is 6.30. The van der Waals surface area contributed by atoms with Crippen LogP contribution >= 0.6 is 0 Å². The number of phenols is 2. The zero-order valence-electron chi connectivity index (χ0n) is 10.8. The zero-order chi connectivity index (χ0) is 13.1. The molecular formula is C16H18O2. The fraction of sp³-hybridized carbons (Fsp3) is 0.250. The fourth-order valence-corrected chi connectivity index (χ4v) is 2.21. The van der Waals surface area contributed by atoms with Crippen molar-refractivity contribution in [3.8, 4) is 22.6 Å². The van der Waals surface area contributed by atoms with Crippen LogP contribution in [0.3, 0.4) is 0 Å². The number of aromatic hydroxyl groups is 2. The molecule has 2 heteroatoms. The van der Waals surface area contributed by atoms with Crippen LogP contribution < -0.4 is 0 Å². The van der Waals surface area contributed by atoms with Crippen LogP contribution in [0.15, 0.2) is 36.4 Å². The number of aryl methyl sites for hydroxylation is 2. The van der Waals surface area contributed by atoms with E-state index >= 15 is 0 Å². The van der Waals surface area contributed by atoms with E-state index in [1.54, 1.807) is 6.07 Å². The normalized spacial score (nSPS) is 10.6. The lowest BCUT2D eigenvalue weighted by Gasteiger charge is -2.11. The highest BCUT2D eigenvalue weighted by Gasteiger charge is 2.10. The van der Waals surface area contributed by atoms with E-state index in [9.17, 15) is 10.2 Å². The topological polar surface area (TPSA) is 40.5 Å². The van der Waals surface area contributed by atoms with Crippen molar-refractivity contribution in [2.75, 3.05) is 0 Å². The minimum absolute atomic E-state index is 0.00442. The molecule has 0 unspecified atom stereocenters. The van der Waals surface area contributed by atoms with Crippen LogP contribution in [0, 0.1) is 0 Å². The van der Waals surface area contributed by atoms with Crippen LogP contribution in [0.4, 0.5) is 0 Å². The van der Waals surface area contributed by atoms with Crippen molar-refractivity contribution in [1.29, 1.82) is 0 Å². The van der Waals surface area contributed by atoms with Gasteiger partial charge in [0.15, 0.2) is 11.5 Å². The van der Waals surface area contributed by atoms with E-state index in [2.05, 4.69) is 13.0 Å². The Hall–Kier alpha value is -1.96. The summed E-state index contributed by atoms with van der Waals surface area (Å²) in [5.41, 5.74) is 4.09. The van der Waals surface area contributed by atoms with Crippen LogP contribution in [0.25, 0.3) is 11.1 Å². The largest absolute Gasteiger partial charge is 0.504 e. The predicted octanol–water partition coefficient (Wildman–Crippen LogP) is 3.89. The van der Waals surface area contributed by atoms with E-state index in [1.165, 1.54) is 5.56 Å². The summed E-state index contributed by atoms with van der Waals surface area (Å²) in [6, 6.07) is 11.7. The highest BCUT2D eigenvalue weighted by atomic mass is 16.3. The van der Waals surface area contributed by atoms with Crippen LogP contribution in [0.1, 0.15) is 25.0 Å². The Bertz CT molecular complexity index is 559. The lowest BCUT2D eigenvalue weighted by atomic mass is 9.95. The molecule has 0 bridgehead atoms. The number of rotatable bonds is 3. The summed E-state index contributed by atoms with van der Waals surface area (Å²) in [6.07, 6.45) is 1.64. The molecule has 0 aliphatic heterocycles. The van der Waals surface area contributed by atoms with E-state index in [-0.39, 0.29) is 11.5 Å². The maximum atomic E-state index is 9.79. The number of hydrogen-bond acceptors (Lipinski definition) is 2. The van der Waals surface area contributed by atoms with Crippen molar-refractivity contribution in [3.63, 3.8) is 0 Å². The molecular weight excluding hydrogens is 224 g/mol. The van der Waals surface area contributed by atoms with Gasteiger partial charge >= 0.3 is 0 Å². The first kappa shape index (κ1) is 12.5. The van der Waals surface area contributed by atoms with Crippen LogP contribution in [-0.4, -0.2) is 10.2 Å². The summed E-state index contributed by atoms with van der Waals surface area (Å²) in [6.45, 7) is 4.07. The molecule has 2 aromatic carbocycles. The van der Waals surface area contributed by atoms with Gasteiger partial charge in [0.05, 0.1) is 0 Å². The van der Waals surface area contributed by atoms with Crippen molar-refractivity contribution < 1.29 is 10.2 Å². The second kappa shape index (κ2) is 5.13. The Balaban J connectivity index is 2.61. The number of hydrogen-bond donors (Lipinski definition) is 2. The van der Waals surface area contributed by atoms with E-state index in [4.69, 9.17) is 0 Å². The summed E-state index contributed by atoms with van der Waals surface area (Å²) >= 11 is 0. The van der Waals surface area contributed by atoms with Crippen molar-refractivity contribution in [2.24, 2.45) is 0 Å². The average Bonchev–Trinajstić information content (AvgIpc) is 2.41. The van der Waals surface area contributed by atoms with Crippen molar-refractivity contribution >= 4 is 0 Å². The molecule has 94 valence electrons. The molecule has 0 atom stereocenters. The average molecular weight is 242 g/mol. The Morgan fingerprint density at radius 1 is 0.889 bits per heavy atom. The molecule has 2 aromatic rings. The third-order valence-electron chi connectivity index (χ3n) is 3.26. The van der Waals surface area contributed by atoms with E-state index < -0.39 is 0 Å². The van der Waals surface area contributed by atoms with Gasteiger partial charge < -0.3 is 10.2 Å². The van der Waals surface area contributed by atoms with E-state index in [0.29, 0.717) is 6.42 Å². The van der Waals surface area contributed by atoms with Gasteiger partial charge in [-0.25, -0.2) is 0 Å². The Labute approximate surface area is 108 Å². The second-order valence-corrected chi connectivity index (χ2v) is 4.37. The highest BCUT2D eigenvalue weighted by molar-refractivity contribution is 5.71. The molecule has 2 nitrogen and oxygen atoms in total.